The highest BCUT2D eigenvalue weighted by Gasteiger charge is 2.21. The maximum Gasteiger partial charge on any atom is 0.123 e. The Labute approximate surface area is 115 Å². The van der Waals surface area contributed by atoms with E-state index in [1.165, 1.54) is 21.8 Å². The number of nitrogens with two attached hydrogens (primary N) is 1. The van der Waals surface area contributed by atoms with Crippen molar-refractivity contribution >= 4 is 29.3 Å². The number of hydrogen-bond donors (Lipinski definition) is 1. The van der Waals surface area contributed by atoms with E-state index in [-0.39, 0.29) is 0 Å². The molecule has 1 aliphatic rings. The summed E-state index contributed by atoms with van der Waals surface area (Å²) in [6.45, 7) is 0. The summed E-state index contributed by atoms with van der Waals surface area (Å²) in [5.41, 5.74) is 7.07. The average molecular weight is 274 g/mol. The van der Waals surface area contributed by atoms with Crippen molar-refractivity contribution in [3.63, 3.8) is 0 Å². The Hall–Kier alpha value is -1.13. The number of pyridine rings is 1. The van der Waals surface area contributed by atoms with Crippen molar-refractivity contribution in [3.05, 3.63) is 48.2 Å². The van der Waals surface area contributed by atoms with Gasteiger partial charge in [0.1, 0.15) is 5.82 Å². The van der Waals surface area contributed by atoms with E-state index in [2.05, 4.69) is 29.2 Å². The zero-order chi connectivity index (χ0) is 12.4. The molecule has 2 N–H and O–H groups in total. The summed E-state index contributed by atoms with van der Waals surface area (Å²) in [4.78, 5) is 6.75. The van der Waals surface area contributed by atoms with Gasteiger partial charge in [0.05, 0.1) is 0 Å². The lowest BCUT2D eigenvalue weighted by molar-refractivity contribution is 0.970. The van der Waals surface area contributed by atoms with Gasteiger partial charge in [-0.2, -0.15) is 0 Å². The molecule has 1 aliphatic heterocycles. The van der Waals surface area contributed by atoms with Crippen LogP contribution in [0, 0.1) is 0 Å². The molecule has 3 rings (SSSR count). The van der Waals surface area contributed by atoms with Crippen LogP contribution in [-0.4, -0.2) is 16.0 Å². The number of nitrogen functional groups attached to an aromatic ring is 1. The summed E-state index contributed by atoms with van der Waals surface area (Å²) in [7, 11) is 0. The molecule has 2 aromatic rings. The molecule has 1 aromatic carbocycles. The molecule has 0 saturated carbocycles. The molecule has 0 bridgehead atoms. The zero-order valence-corrected chi connectivity index (χ0v) is 11.5. The Morgan fingerprint density at radius 2 is 2.17 bits per heavy atom. The number of aromatic nitrogens is 1. The van der Waals surface area contributed by atoms with Crippen LogP contribution in [0.4, 0.5) is 5.82 Å². The third kappa shape index (κ3) is 2.65. The summed E-state index contributed by atoms with van der Waals surface area (Å²) >= 11 is 3.85. The molecule has 0 spiro atoms. The number of hydrogen-bond acceptors (Lipinski definition) is 4. The van der Waals surface area contributed by atoms with Crippen LogP contribution in [0.25, 0.3) is 0 Å². The fourth-order valence-electron chi connectivity index (χ4n) is 2.01. The van der Waals surface area contributed by atoms with Crippen molar-refractivity contribution in [3.8, 4) is 0 Å². The van der Waals surface area contributed by atoms with E-state index in [4.69, 9.17) is 5.73 Å². The second-order valence-corrected chi connectivity index (χ2v) is 6.72. The minimum atomic E-state index is 0.585. The molecule has 1 atom stereocenters. The molecule has 2 heterocycles. The number of benzene rings is 1. The zero-order valence-electron chi connectivity index (χ0n) is 9.87. The monoisotopic (exact) mass is 274 g/mol. The van der Waals surface area contributed by atoms with Crippen molar-refractivity contribution in [2.45, 2.75) is 21.5 Å². The average Bonchev–Trinajstić information content (AvgIpc) is 2.81. The van der Waals surface area contributed by atoms with Crippen LogP contribution < -0.4 is 5.73 Å². The number of anilines is 1. The second kappa shape index (κ2) is 5.24. The molecule has 1 aromatic heterocycles. The molecule has 2 nitrogen and oxygen atoms in total. The van der Waals surface area contributed by atoms with Gasteiger partial charge in [-0.15, -0.1) is 23.5 Å². The Kier molecular flexibility index (Phi) is 3.48. The molecule has 0 aliphatic carbocycles. The Balaban J connectivity index is 1.58. The van der Waals surface area contributed by atoms with Gasteiger partial charge < -0.3 is 5.73 Å². The van der Waals surface area contributed by atoms with E-state index < -0.39 is 0 Å². The first-order chi connectivity index (χ1) is 8.81. The first kappa shape index (κ1) is 11.9. The first-order valence-corrected chi connectivity index (χ1v) is 7.77. The molecule has 0 saturated heterocycles. The molecular weight excluding hydrogens is 260 g/mol. The van der Waals surface area contributed by atoms with E-state index in [0.29, 0.717) is 11.1 Å². The first-order valence-electron chi connectivity index (χ1n) is 5.90. The molecule has 18 heavy (non-hydrogen) atoms. The highest BCUT2D eigenvalue weighted by Crippen LogP contribution is 2.39. The van der Waals surface area contributed by atoms with Crippen LogP contribution in [0.2, 0.25) is 0 Å². The molecule has 0 radical (unpaired) electrons. The van der Waals surface area contributed by atoms with Crippen LogP contribution in [0.15, 0.2) is 52.4 Å². The Morgan fingerprint density at radius 1 is 1.28 bits per heavy atom. The Morgan fingerprint density at radius 3 is 2.94 bits per heavy atom. The number of rotatable bonds is 3. The number of fused-ring (bicyclic) bond motifs is 1. The smallest absolute Gasteiger partial charge is 0.123 e. The van der Waals surface area contributed by atoms with Gasteiger partial charge >= 0.3 is 0 Å². The number of nitrogens with zero attached hydrogens (tertiary/aromatic N) is 1. The van der Waals surface area contributed by atoms with Crippen molar-refractivity contribution in [2.75, 3.05) is 11.5 Å². The lowest BCUT2D eigenvalue weighted by Gasteiger charge is -2.07. The standard InChI is InChI=1S/C14H14N2S2/c15-14-6-5-11(8-16-14)17-9-12-7-10-3-1-2-4-13(10)18-12/h1-6,8,12H,7,9H2,(H2,15,16). The lowest BCUT2D eigenvalue weighted by Crippen LogP contribution is -2.04. The summed E-state index contributed by atoms with van der Waals surface area (Å²) in [5, 5.41) is 0.671. The molecule has 1 unspecified atom stereocenters. The van der Waals surface area contributed by atoms with Gasteiger partial charge in [-0.25, -0.2) is 4.98 Å². The summed E-state index contributed by atoms with van der Waals surface area (Å²) < 4.78 is 0. The van der Waals surface area contributed by atoms with Gasteiger partial charge in [-0.05, 0) is 30.2 Å². The topological polar surface area (TPSA) is 38.9 Å². The highest BCUT2D eigenvalue weighted by molar-refractivity contribution is 8.03. The van der Waals surface area contributed by atoms with Crippen molar-refractivity contribution in [1.82, 2.24) is 4.98 Å². The third-order valence-electron chi connectivity index (χ3n) is 2.91. The van der Waals surface area contributed by atoms with E-state index in [1.807, 2.05) is 41.9 Å². The van der Waals surface area contributed by atoms with Crippen LogP contribution in [0.3, 0.4) is 0 Å². The molecule has 0 amide bonds. The highest BCUT2D eigenvalue weighted by atomic mass is 32.2. The minimum Gasteiger partial charge on any atom is -0.384 e. The maximum absolute atomic E-state index is 5.58. The van der Waals surface area contributed by atoms with Crippen LogP contribution in [0.1, 0.15) is 5.56 Å². The predicted molar refractivity (Wildman–Crippen MR) is 79.2 cm³/mol. The van der Waals surface area contributed by atoms with E-state index in [0.717, 1.165) is 5.75 Å². The minimum absolute atomic E-state index is 0.585. The Bertz CT molecular complexity index is 515. The van der Waals surface area contributed by atoms with E-state index >= 15 is 0 Å². The van der Waals surface area contributed by atoms with Gasteiger partial charge in [0.2, 0.25) is 0 Å². The van der Waals surface area contributed by atoms with E-state index in [9.17, 15) is 0 Å². The number of thioether (sulfide) groups is 2. The van der Waals surface area contributed by atoms with Crippen LogP contribution >= 0.6 is 23.5 Å². The van der Waals surface area contributed by atoms with Gasteiger partial charge in [0, 0.05) is 27.0 Å². The van der Waals surface area contributed by atoms with Gasteiger partial charge in [-0.1, -0.05) is 18.2 Å². The molecule has 4 heteroatoms. The summed E-state index contributed by atoms with van der Waals surface area (Å²) in [6.07, 6.45) is 3.03. The fraction of sp³-hybridized carbons (Fsp3) is 0.214. The lowest BCUT2D eigenvalue weighted by atomic mass is 10.1. The van der Waals surface area contributed by atoms with Gasteiger partial charge in [0.15, 0.2) is 0 Å². The molecule has 0 fully saturated rings. The largest absolute Gasteiger partial charge is 0.384 e. The fourth-order valence-corrected chi connectivity index (χ4v) is 4.36. The van der Waals surface area contributed by atoms with Crippen molar-refractivity contribution < 1.29 is 0 Å². The normalized spacial score (nSPS) is 17.7. The van der Waals surface area contributed by atoms with E-state index in [1.54, 1.807) is 0 Å². The van der Waals surface area contributed by atoms with Gasteiger partial charge in [0.25, 0.3) is 0 Å². The molecule has 92 valence electrons. The van der Waals surface area contributed by atoms with Crippen molar-refractivity contribution in [2.24, 2.45) is 0 Å². The molecular formula is C14H14N2S2. The van der Waals surface area contributed by atoms with Gasteiger partial charge in [-0.3, -0.25) is 0 Å². The predicted octanol–water partition coefficient (Wildman–Crippen LogP) is 3.47. The quantitative estimate of drug-likeness (QED) is 0.870. The maximum atomic E-state index is 5.58. The van der Waals surface area contributed by atoms with Crippen LogP contribution in [-0.2, 0) is 6.42 Å². The third-order valence-corrected chi connectivity index (χ3v) is 5.58. The van der Waals surface area contributed by atoms with Crippen molar-refractivity contribution in [1.29, 1.82) is 0 Å². The SMILES string of the molecule is Nc1ccc(SCC2Cc3ccccc3S2)cn1. The second-order valence-electron chi connectivity index (χ2n) is 4.28. The summed E-state index contributed by atoms with van der Waals surface area (Å²) in [6, 6.07) is 12.6. The van der Waals surface area contributed by atoms with Crippen LogP contribution in [0.5, 0.6) is 0 Å². The summed E-state index contributed by atoms with van der Waals surface area (Å²) in [5.74, 6) is 1.70.